The van der Waals surface area contributed by atoms with Crippen molar-refractivity contribution >= 4 is 17.0 Å². The van der Waals surface area contributed by atoms with Crippen LogP contribution in [0.5, 0.6) is 0 Å². The van der Waals surface area contributed by atoms with Crippen molar-refractivity contribution in [3.05, 3.63) is 12.7 Å². The Morgan fingerprint density at radius 1 is 1.26 bits per heavy atom. The van der Waals surface area contributed by atoms with Gasteiger partial charge in [-0.2, -0.15) is 0 Å². The van der Waals surface area contributed by atoms with Crippen molar-refractivity contribution in [3.8, 4) is 0 Å². The van der Waals surface area contributed by atoms with Crippen LogP contribution in [-0.2, 0) is 14.2 Å². The van der Waals surface area contributed by atoms with Crippen molar-refractivity contribution in [3.63, 3.8) is 0 Å². The van der Waals surface area contributed by atoms with Gasteiger partial charge in [-0.25, -0.2) is 15.0 Å². The first-order chi connectivity index (χ1) is 11.0. The van der Waals surface area contributed by atoms with Crippen LogP contribution >= 0.6 is 0 Å². The largest absolute Gasteiger partial charge is 0.371 e. The quantitative estimate of drug-likeness (QED) is 0.828. The molecule has 9 heteroatoms. The zero-order valence-electron chi connectivity index (χ0n) is 13.3. The van der Waals surface area contributed by atoms with E-state index < -0.39 is 5.79 Å². The number of aromatic nitrogens is 4. The Hall–Kier alpha value is -1.81. The molecular weight excluding hydrogens is 300 g/mol. The van der Waals surface area contributed by atoms with Crippen LogP contribution in [0.25, 0.3) is 11.2 Å². The van der Waals surface area contributed by atoms with Crippen LogP contribution in [0.15, 0.2) is 12.7 Å². The van der Waals surface area contributed by atoms with Gasteiger partial charge in [-0.3, -0.25) is 4.57 Å². The van der Waals surface area contributed by atoms with Crippen molar-refractivity contribution in [2.24, 2.45) is 5.73 Å². The lowest BCUT2D eigenvalue weighted by atomic mass is 10.1. The third-order valence-corrected chi connectivity index (χ3v) is 4.23. The van der Waals surface area contributed by atoms with E-state index in [4.69, 9.17) is 19.9 Å². The molecule has 2 fully saturated rings. The Bertz CT molecular complexity index is 732. The molecule has 4 unspecified atom stereocenters. The lowest BCUT2D eigenvalue weighted by Gasteiger charge is -2.24. The van der Waals surface area contributed by atoms with E-state index in [1.807, 2.05) is 18.4 Å². The van der Waals surface area contributed by atoms with E-state index in [0.29, 0.717) is 23.5 Å². The molecule has 0 saturated carbocycles. The molecule has 4 rings (SSSR count). The fraction of sp³-hybridized carbons (Fsp3) is 0.643. The summed E-state index contributed by atoms with van der Waals surface area (Å²) in [6, 6.07) is 0. The minimum absolute atomic E-state index is 0.206. The first-order valence-corrected chi connectivity index (χ1v) is 7.60. The van der Waals surface area contributed by atoms with E-state index in [0.717, 1.165) is 0 Å². The molecule has 2 aliphatic heterocycles. The van der Waals surface area contributed by atoms with Crippen LogP contribution in [0.2, 0.25) is 0 Å². The predicted molar refractivity (Wildman–Crippen MR) is 81.7 cm³/mol. The summed E-state index contributed by atoms with van der Waals surface area (Å²) in [4.78, 5) is 12.9. The van der Waals surface area contributed by atoms with Gasteiger partial charge in [0.25, 0.3) is 0 Å². The van der Waals surface area contributed by atoms with Gasteiger partial charge in [0, 0.05) is 13.6 Å². The number of ether oxygens (including phenoxy) is 3. The fourth-order valence-corrected chi connectivity index (χ4v) is 3.29. The summed E-state index contributed by atoms with van der Waals surface area (Å²) in [6.07, 6.45) is 2.10. The second-order valence-electron chi connectivity index (χ2n) is 6.16. The molecule has 2 aromatic heterocycles. The highest BCUT2D eigenvalue weighted by molar-refractivity contribution is 5.82. The zero-order chi connectivity index (χ0) is 16.2. The number of rotatable bonds is 3. The molecule has 3 N–H and O–H groups in total. The van der Waals surface area contributed by atoms with Gasteiger partial charge in [-0.15, -0.1) is 0 Å². The predicted octanol–water partition coefficient (Wildman–Crippen LogP) is 0.244. The third-order valence-electron chi connectivity index (χ3n) is 4.23. The Morgan fingerprint density at radius 2 is 2.04 bits per heavy atom. The smallest absolute Gasteiger partial charge is 0.167 e. The maximum Gasteiger partial charge on any atom is 0.167 e. The highest BCUT2D eigenvalue weighted by atomic mass is 16.8. The maximum atomic E-state index is 6.06. The number of anilines is 1. The Morgan fingerprint density at radius 3 is 2.78 bits per heavy atom. The second-order valence-corrected chi connectivity index (χ2v) is 6.16. The number of nitrogens with one attached hydrogen (secondary N) is 1. The van der Waals surface area contributed by atoms with Gasteiger partial charge < -0.3 is 25.3 Å². The van der Waals surface area contributed by atoms with Gasteiger partial charge in [-0.1, -0.05) is 0 Å². The van der Waals surface area contributed by atoms with E-state index in [9.17, 15) is 0 Å². The van der Waals surface area contributed by atoms with Crippen molar-refractivity contribution < 1.29 is 14.2 Å². The van der Waals surface area contributed by atoms with Crippen molar-refractivity contribution in [2.75, 3.05) is 18.9 Å². The molecule has 2 saturated heterocycles. The van der Waals surface area contributed by atoms with Crippen LogP contribution in [-0.4, -0.2) is 57.2 Å². The van der Waals surface area contributed by atoms with Gasteiger partial charge in [-0.05, 0) is 13.8 Å². The molecule has 0 radical (unpaired) electrons. The minimum Gasteiger partial charge on any atom is -0.371 e. The molecule has 2 aromatic rings. The summed E-state index contributed by atoms with van der Waals surface area (Å²) in [7, 11) is 1.80. The van der Waals surface area contributed by atoms with E-state index >= 15 is 0 Å². The van der Waals surface area contributed by atoms with Crippen molar-refractivity contribution in [1.29, 1.82) is 0 Å². The fourth-order valence-electron chi connectivity index (χ4n) is 3.29. The minimum atomic E-state index is -0.660. The average molecular weight is 320 g/mol. The van der Waals surface area contributed by atoms with Crippen LogP contribution in [0.4, 0.5) is 5.82 Å². The Labute approximate surface area is 133 Å². The van der Waals surface area contributed by atoms with E-state index in [1.165, 1.54) is 6.33 Å². The molecule has 0 amide bonds. The number of nitrogens with zero attached hydrogens (tertiary/aromatic N) is 4. The Balaban J connectivity index is 1.76. The number of hydrogen-bond donors (Lipinski definition) is 2. The molecule has 0 aliphatic carbocycles. The van der Waals surface area contributed by atoms with Crippen LogP contribution in [0.1, 0.15) is 20.1 Å². The van der Waals surface area contributed by atoms with Crippen molar-refractivity contribution in [2.45, 2.75) is 44.2 Å². The lowest BCUT2D eigenvalue weighted by molar-refractivity contribution is -0.195. The van der Waals surface area contributed by atoms with Crippen LogP contribution in [0.3, 0.4) is 0 Å². The summed E-state index contributed by atoms with van der Waals surface area (Å²) >= 11 is 0. The Kier molecular flexibility index (Phi) is 3.27. The zero-order valence-corrected chi connectivity index (χ0v) is 13.3. The van der Waals surface area contributed by atoms with Crippen LogP contribution in [0, 0.1) is 0 Å². The molecule has 9 nitrogen and oxygen atoms in total. The molecule has 4 atom stereocenters. The summed E-state index contributed by atoms with van der Waals surface area (Å²) in [5.74, 6) is 0.00864. The normalized spacial score (nSPS) is 32.3. The third kappa shape index (κ3) is 2.19. The highest BCUT2D eigenvalue weighted by Gasteiger charge is 2.55. The van der Waals surface area contributed by atoms with E-state index in [-0.39, 0.29) is 24.5 Å². The first kappa shape index (κ1) is 14.8. The summed E-state index contributed by atoms with van der Waals surface area (Å²) in [6.45, 7) is 4.15. The number of nitrogens with two attached hydrogens (primary N) is 1. The maximum absolute atomic E-state index is 6.06. The van der Waals surface area contributed by atoms with Crippen molar-refractivity contribution in [1.82, 2.24) is 19.5 Å². The van der Waals surface area contributed by atoms with Gasteiger partial charge >= 0.3 is 0 Å². The lowest BCUT2D eigenvalue weighted by Crippen LogP contribution is -2.34. The van der Waals surface area contributed by atoms with Gasteiger partial charge in [0.05, 0.1) is 6.33 Å². The van der Waals surface area contributed by atoms with Crippen LogP contribution < -0.4 is 11.1 Å². The number of imidazole rings is 1. The second kappa shape index (κ2) is 5.10. The number of fused-ring (bicyclic) bond motifs is 2. The topological polar surface area (TPSA) is 109 Å². The molecule has 0 bridgehead atoms. The average Bonchev–Trinajstić information content (AvgIpc) is 3.17. The van der Waals surface area contributed by atoms with Gasteiger partial charge in [0.2, 0.25) is 0 Å². The SMILES string of the molecule is CNc1ncnc2c1ncn2C1OC(CN)C2OC(C)(C)OC21. The summed E-state index contributed by atoms with van der Waals surface area (Å²) in [5, 5.41) is 3.01. The van der Waals surface area contributed by atoms with E-state index in [1.54, 1.807) is 13.4 Å². The standard InChI is InChI=1S/C14H20N6O3/c1-14(2)22-9-7(4-15)21-13(10(9)23-14)20-6-19-8-11(16-3)17-5-18-12(8)20/h5-7,9-10,13H,4,15H2,1-3H3,(H,16,17,18). The summed E-state index contributed by atoms with van der Waals surface area (Å²) in [5.41, 5.74) is 7.20. The van der Waals surface area contributed by atoms with E-state index in [2.05, 4.69) is 20.3 Å². The number of hydrogen-bond acceptors (Lipinski definition) is 8. The molecule has 4 heterocycles. The monoisotopic (exact) mass is 320 g/mol. The molecular formula is C14H20N6O3. The molecule has 124 valence electrons. The van der Waals surface area contributed by atoms with Gasteiger partial charge in [0.1, 0.15) is 30.2 Å². The molecule has 0 aromatic carbocycles. The van der Waals surface area contributed by atoms with Gasteiger partial charge in [0.15, 0.2) is 23.5 Å². The summed E-state index contributed by atoms with van der Waals surface area (Å²) < 4.78 is 19.9. The highest BCUT2D eigenvalue weighted by Crippen LogP contribution is 2.43. The first-order valence-electron chi connectivity index (χ1n) is 7.60. The molecule has 0 spiro atoms. The molecule has 23 heavy (non-hydrogen) atoms. The molecule has 2 aliphatic rings.